The number of aliphatic carboxylic acids is 1. The summed E-state index contributed by atoms with van der Waals surface area (Å²) in [4.78, 5) is 16.6. The van der Waals surface area contributed by atoms with Crippen LogP contribution >= 0.6 is 0 Å². The van der Waals surface area contributed by atoms with E-state index in [1.807, 2.05) is 25.2 Å². The molecule has 2 aromatic rings. The van der Waals surface area contributed by atoms with Crippen LogP contribution in [0.2, 0.25) is 0 Å². The Morgan fingerprint density at radius 3 is 2.45 bits per heavy atom. The molecule has 118 valence electrons. The van der Waals surface area contributed by atoms with E-state index in [4.69, 9.17) is 4.98 Å². The molecule has 0 radical (unpaired) electrons. The molecule has 4 heteroatoms. The van der Waals surface area contributed by atoms with E-state index in [-0.39, 0.29) is 5.41 Å². The number of carboxylic acids is 1. The molecule has 4 nitrogen and oxygen atoms in total. The Morgan fingerprint density at radius 2 is 1.91 bits per heavy atom. The Labute approximate surface area is 131 Å². The predicted octanol–water partition coefficient (Wildman–Crippen LogP) is 3.77. The van der Waals surface area contributed by atoms with Crippen molar-refractivity contribution in [1.29, 1.82) is 0 Å². The molecule has 0 spiro atoms. The van der Waals surface area contributed by atoms with Crippen molar-refractivity contribution in [3.05, 3.63) is 29.6 Å². The van der Waals surface area contributed by atoms with Gasteiger partial charge in [-0.05, 0) is 30.5 Å². The van der Waals surface area contributed by atoms with E-state index in [2.05, 4.69) is 25.3 Å². The van der Waals surface area contributed by atoms with Crippen LogP contribution in [-0.2, 0) is 22.7 Å². The zero-order chi connectivity index (χ0) is 16.1. The number of rotatable bonds is 2. The molecular weight excluding hydrogens is 276 g/mol. The van der Waals surface area contributed by atoms with Gasteiger partial charge >= 0.3 is 5.97 Å². The molecule has 1 aromatic carbocycles. The second-order valence-electron chi connectivity index (χ2n) is 7.54. The number of carbonyl (C=O) groups is 1. The van der Waals surface area contributed by atoms with Gasteiger partial charge in [0.15, 0.2) is 0 Å². The number of hydrogen-bond donors (Lipinski definition) is 1. The highest BCUT2D eigenvalue weighted by molar-refractivity contribution is 5.85. The van der Waals surface area contributed by atoms with Crippen molar-refractivity contribution in [1.82, 2.24) is 9.55 Å². The second-order valence-corrected chi connectivity index (χ2v) is 7.54. The molecule has 0 saturated heterocycles. The zero-order valence-corrected chi connectivity index (χ0v) is 13.8. The van der Waals surface area contributed by atoms with Crippen LogP contribution in [0.3, 0.4) is 0 Å². The average Bonchev–Trinajstić information content (AvgIpc) is 3.04. The Kier molecular flexibility index (Phi) is 3.31. The average molecular weight is 300 g/mol. The number of aromatic nitrogens is 2. The van der Waals surface area contributed by atoms with Crippen LogP contribution in [0, 0.1) is 0 Å². The highest BCUT2D eigenvalue weighted by atomic mass is 16.4. The van der Waals surface area contributed by atoms with Crippen molar-refractivity contribution < 1.29 is 9.90 Å². The van der Waals surface area contributed by atoms with Crippen molar-refractivity contribution in [3.8, 4) is 0 Å². The maximum absolute atomic E-state index is 11.9. The van der Waals surface area contributed by atoms with Gasteiger partial charge in [0, 0.05) is 12.5 Å². The van der Waals surface area contributed by atoms with E-state index >= 15 is 0 Å². The van der Waals surface area contributed by atoms with E-state index in [1.54, 1.807) is 0 Å². The molecule has 1 aliphatic carbocycles. The van der Waals surface area contributed by atoms with Gasteiger partial charge in [0.1, 0.15) is 5.82 Å². The molecule has 1 saturated carbocycles. The van der Waals surface area contributed by atoms with Gasteiger partial charge in [-0.15, -0.1) is 0 Å². The van der Waals surface area contributed by atoms with Gasteiger partial charge in [-0.25, -0.2) is 4.98 Å². The molecule has 22 heavy (non-hydrogen) atoms. The van der Waals surface area contributed by atoms with Crippen molar-refractivity contribution in [3.63, 3.8) is 0 Å². The lowest BCUT2D eigenvalue weighted by atomic mass is 9.79. The maximum Gasteiger partial charge on any atom is 0.314 e. The first-order valence-electron chi connectivity index (χ1n) is 7.96. The first kappa shape index (κ1) is 15.1. The molecule has 0 bridgehead atoms. The third-order valence-corrected chi connectivity index (χ3v) is 4.97. The predicted molar refractivity (Wildman–Crippen MR) is 87.2 cm³/mol. The Hall–Kier alpha value is -1.84. The number of aryl methyl sites for hydroxylation is 1. The van der Waals surface area contributed by atoms with E-state index in [0.29, 0.717) is 0 Å². The van der Waals surface area contributed by atoms with Crippen molar-refractivity contribution >= 4 is 17.0 Å². The molecule has 1 aromatic heterocycles. The number of fused-ring (bicyclic) bond motifs is 1. The number of benzene rings is 1. The molecule has 1 N–H and O–H groups in total. The van der Waals surface area contributed by atoms with Gasteiger partial charge in [-0.2, -0.15) is 0 Å². The summed E-state index contributed by atoms with van der Waals surface area (Å²) in [5.41, 5.74) is 2.12. The molecule has 3 rings (SSSR count). The lowest BCUT2D eigenvalue weighted by Gasteiger charge is -2.24. The maximum atomic E-state index is 11.9. The number of nitrogens with zero attached hydrogens (tertiary/aromatic N) is 2. The summed E-state index contributed by atoms with van der Waals surface area (Å²) in [6, 6.07) is 6.00. The molecule has 1 heterocycles. The highest BCUT2D eigenvalue weighted by Gasteiger charge is 2.43. The van der Waals surface area contributed by atoms with Crippen LogP contribution in [0.5, 0.6) is 0 Å². The van der Waals surface area contributed by atoms with Gasteiger partial charge in [-0.3, -0.25) is 4.79 Å². The fourth-order valence-corrected chi connectivity index (χ4v) is 3.77. The summed E-state index contributed by atoms with van der Waals surface area (Å²) in [5, 5.41) is 9.75. The number of hydrogen-bond acceptors (Lipinski definition) is 2. The monoisotopic (exact) mass is 300 g/mol. The molecular formula is C18H24N2O2. The van der Waals surface area contributed by atoms with E-state index < -0.39 is 11.4 Å². The van der Waals surface area contributed by atoms with Gasteiger partial charge in [0.2, 0.25) is 0 Å². The summed E-state index contributed by atoms with van der Waals surface area (Å²) >= 11 is 0. The fraction of sp³-hybridized carbons (Fsp3) is 0.556. The van der Waals surface area contributed by atoms with Crippen LogP contribution in [-0.4, -0.2) is 20.6 Å². The summed E-state index contributed by atoms with van der Waals surface area (Å²) in [6.45, 7) is 6.43. The van der Waals surface area contributed by atoms with Gasteiger partial charge < -0.3 is 9.67 Å². The van der Waals surface area contributed by atoms with E-state index in [1.165, 1.54) is 0 Å². The largest absolute Gasteiger partial charge is 0.481 e. The summed E-state index contributed by atoms with van der Waals surface area (Å²) in [6.07, 6.45) is 3.43. The SMILES string of the molecule is Cn1c(C(C)(C)C)nc2cc(C3(C(=O)O)CCCC3)ccc21. The minimum absolute atomic E-state index is 0.0359. The Morgan fingerprint density at radius 1 is 1.27 bits per heavy atom. The Balaban J connectivity index is 2.16. The molecule has 1 aliphatic rings. The highest BCUT2D eigenvalue weighted by Crippen LogP contribution is 2.42. The third-order valence-electron chi connectivity index (χ3n) is 4.97. The number of imidazole rings is 1. The minimum atomic E-state index is -0.715. The standard InChI is InChI=1S/C18H24N2O2/c1-17(2,3)15-19-13-11-12(7-8-14(13)20(15)4)18(16(21)22)9-5-6-10-18/h7-8,11H,5-6,9-10H2,1-4H3,(H,21,22). The zero-order valence-electron chi connectivity index (χ0n) is 13.8. The minimum Gasteiger partial charge on any atom is -0.481 e. The van der Waals surface area contributed by atoms with Crippen LogP contribution in [0.4, 0.5) is 0 Å². The van der Waals surface area contributed by atoms with Crippen LogP contribution in [0.25, 0.3) is 11.0 Å². The Bertz CT molecular complexity index is 731. The van der Waals surface area contributed by atoms with E-state index in [0.717, 1.165) is 48.1 Å². The van der Waals surface area contributed by atoms with Crippen molar-refractivity contribution in [2.45, 2.75) is 57.3 Å². The molecule has 0 aliphatic heterocycles. The van der Waals surface area contributed by atoms with Gasteiger partial charge in [0.25, 0.3) is 0 Å². The lowest BCUT2D eigenvalue weighted by Crippen LogP contribution is -2.32. The summed E-state index contributed by atoms with van der Waals surface area (Å²) in [7, 11) is 2.03. The van der Waals surface area contributed by atoms with Gasteiger partial charge in [0.05, 0.1) is 16.4 Å². The lowest BCUT2D eigenvalue weighted by molar-refractivity contribution is -0.143. The smallest absolute Gasteiger partial charge is 0.314 e. The first-order valence-corrected chi connectivity index (χ1v) is 7.96. The molecule has 0 atom stereocenters. The fourth-order valence-electron chi connectivity index (χ4n) is 3.77. The number of carboxylic acid groups (broad SMARTS) is 1. The van der Waals surface area contributed by atoms with Crippen molar-refractivity contribution in [2.75, 3.05) is 0 Å². The van der Waals surface area contributed by atoms with Gasteiger partial charge in [-0.1, -0.05) is 39.7 Å². The molecule has 0 amide bonds. The first-order chi connectivity index (χ1) is 10.3. The van der Waals surface area contributed by atoms with Crippen LogP contribution < -0.4 is 0 Å². The third kappa shape index (κ3) is 2.13. The van der Waals surface area contributed by atoms with E-state index in [9.17, 15) is 9.90 Å². The normalized spacial score (nSPS) is 18.0. The van der Waals surface area contributed by atoms with Crippen molar-refractivity contribution in [2.24, 2.45) is 7.05 Å². The summed E-state index contributed by atoms with van der Waals surface area (Å²) in [5.74, 6) is 0.326. The second kappa shape index (κ2) is 4.83. The van der Waals surface area contributed by atoms with Crippen LogP contribution in [0.1, 0.15) is 57.8 Å². The quantitative estimate of drug-likeness (QED) is 0.918. The molecule has 0 unspecified atom stereocenters. The molecule has 1 fully saturated rings. The topological polar surface area (TPSA) is 55.1 Å². The van der Waals surface area contributed by atoms with Crippen LogP contribution in [0.15, 0.2) is 18.2 Å². The summed E-state index contributed by atoms with van der Waals surface area (Å²) < 4.78 is 2.11.